The van der Waals surface area contributed by atoms with Crippen LogP contribution in [0.1, 0.15) is 5.56 Å². The molecule has 6 heteroatoms. The quantitative estimate of drug-likeness (QED) is 0.536. The van der Waals surface area contributed by atoms with E-state index in [0.717, 1.165) is 6.07 Å². The zero-order chi connectivity index (χ0) is 10.0. The van der Waals surface area contributed by atoms with Crippen LogP contribution in [-0.2, 0) is 0 Å². The molecular weight excluding hydrogens is 215 g/mol. The van der Waals surface area contributed by atoms with Crippen molar-refractivity contribution in [3.63, 3.8) is 0 Å². The minimum absolute atomic E-state index is 0.000802. The van der Waals surface area contributed by atoms with E-state index in [1.807, 2.05) is 0 Å². The minimum Gasteiger partial charge on any atom is -0.258 e. The van der Waals surface area contributed by atoms with Gasteiger partial charge in [0.2, 0.25) is 0 Å². The molecule has 66 valence electrons. The molecule has 0 atom stereocenters. The summed E-state index contributed by atoms with van der Waals surface area (Å²) in [5.41, 5.74) is -0.355. The van der Waals surface area contributed by atoms with E-state index >= 15 is 0 Å². The molecule has 0 spiro atoms. The van der Waals surface area contributed by atoms with Crippen LogP contribution in [0.4, 0.5) is 5.69 Å². The van der Waals surface area contributed by atoms with Gasteiger partial charge in [-0.2, -0.15) is 5.26 Å². The third kappa shape index (κ3) is 1.89. The molecule has 0 bridgehead atoms. The first kappa shape index (κ1) is 9.78. The van der Waals surface area contributed by atoms with Crippen molar-refractivity contribution in [2.24, 2.45) is 0 Å². The van der Waals surface area contributed by atoms with E-state index in [1.165, 1.54) is 6.07 Å². The number of nitrogens with zero attached hydrogens (tertiary/aromatic N) is 2. The lowest BCUT2D eigenvalue weighted by Gasteiger charge is -1.97. The largest absolute Gasteiger partial charge is 0.290 e. The standard InChI is InChI=1S/C7H2Cl2N2O2/c8-5-1-4(3-10)7(9)6(2-5)11(12)13/h1-2H. The molecular formula is C7H2Cl2N2O2. The van der Waals surface area contributed by atoms with Gasteiger partial charge in [-0.3, -0.25) is 10.1 Å². The predicted molar refractivity (Wildman–Crippen MR) is 47.8 cm³/mol. The molecule has 0 heterocycles. The Bertz CT molecular complexity index is 412. The van der Waals surface area contributed by atoms with Crippen LogP contribution in [-0.4, -0.2) is 4.92 Å². The van der Waals surface area contributed by atoms with Gasteiger partial charge < -0.3 is 0 Å². The van der Waals surface area contributed by atoms with E-state index < -0.39 is 4.92 Å². The maximum absolute atomic E-state index is 10.4. The Balaban J connectivity index is 3.47. The molecule has 0 aliphatic heterocycles. The average molecular weight is 217 g/mol. The monoisotopic (exact) mass is 216 g/mol. The maximum Gasteiger partial charge on any atom is 0.290 e. The lowest BCUT2D eigenvalue weighted by molar-refractivity contribution is -0.384. The van der Waals surface area contributed by atoms with Crippen molar-refractivity contribution in [2.45, 2.75) is 0 Å². The van der Waals surface area contributed by atoms with Crippen LogP contribution in [0.15, 0.2) is 12.1 Å². The van der Waals surface area contributed by atoms with Crippen LogP contribution >= 0.6 is 23.2 Å². The van der Waals surface area contributed by atoms with Gasteiger partial charge >= 0.3 is 0 Å². The lowest BCUT2D eigenvalue weighted by atomic mass is 10.2. The number of halogens is 2. The van der Waals surface area contributed by atoms with Crippen molar-refractivity contribution in [1.29, 1.82) is 5.26 Å². The van der Waals surface area contributed by atoms with Gasteiger partial charge in [-0.05, 0) is 6.07 Å². The van der Waals surface area contributed by atoms with Crippen LogP contribution in [0.25, 0.3) is 0 Å². The van der Waals surface area contributed by atoms with Crippen LogP contribution in [0, 0.1) is 21.4 Å². The molecule has 4 nitrogen and oxygen atoms in total. The number of nitriles is 1. The second-order valence-corrected chi connectivity index (χ2v) is 2.97. The number of hydrogen-bond acceptors (Lipinski definition) is 3. The maximum atomic E-state index is 10.4. The third-order valence-corrected chi connectivity index (χ3v) is 1.95. The fraction of sp³-hybridized carbons (Fsp3) is 0. The summed E-state index contributed by atoms with van der Waals surface area (Å²) in [5, 5.41) is 18.9. The first-order valence-corrected chi connectivity index (χ1v) is 3.85. The molecule has 0 fully saturated rings. The topological polar surface area (TPSA) is 66.9 Å². The molecule has 1 aromatic rings. The lowest BCUT2D eigenvalue weighted by Crippen LogP contribution is -1.91. The highest BCUT2D eigenvalue weighted by molar-refractivity contribution is 6.35. The SMILES string of the molecule is N#Cc1cc(Cl)cc([N+](=O)[O-])c1Cl. The molecule has 0 radical (unpaired) electrons. The summed E-state index contributed by atoms with van der Waals surface area (Å²) >= 11 is 11.1. The molecule has 0 aliphatic rings. The zero-order valence-electron chi connectivity index (χ0n) is 6.12. The summed E-state index contributed by atoms with van der Waals surface area (Å²) in [5.74, 6) is 0. The number of hydrogen-bond donors (Lipinski definition) is 0. The van der Waals surface area contributed by atoms with Crippen LogP contribution in [0.5, 0.6) is 0 Å². The van der Waals surface area contributed by atoms with E-state index in [2.05, 4.69) is 0 Å². The fourth-order valence-electron chi connectivity index (χ4n) is 0.789. The van der Waals surface area contributed by atoms with Crippen molar-refractivity contribution in [1.82, 2.24) is 0 Å². The van der Waals surface area contributed by atoms with Crippen LogP contribution in [0.2, 0.25) is 10.0 Å². The van der Waals surface area contributed by atoms with Crippen LogP contribution in [0.3, 0.4) is 0 Å². The Hall–Kier alpha value is -1.31. The van der Waals surface area contributed by atoms with Crippen molar-refractivity contribution in [3.8, 4) is 6.07 Å². The molecule has 1 rings (SSSR count). The first-order chi connectivity index (χ1) is 6.06. The second kappa shape index (κ2) is 3.60. The van der Waals surface area contributed by atoms with Gasteiger partial charge in [0.05, 0.1) is 10.5 Å². The zero-order valence-corrected chi connectivity index (χ0v) is 7.63. The van der Waals surface area contributed by atoms with E-state index in [4.69, 9.17) is 28.5 Å². The highest BCUT2D eigenvalue weighted by atomic mass is 35.5. The number of nitro benzene ring substituents is 1. The summed E-state index contributed by atoms with van der Waals surface area (Å²) in [4.78, 5) is 9.71. The Morgan fingerprint density at radius 1 is 1.46 bits per heavy atom. The molecule has 0 unspecified atom stereocenters. The van der Waals surface area contributed by atoms with Gasteiger partial charge in [-0.15, -0.1) is 0 Å². The number of nitro groups is 1. The van der Waals surface area contributed by atoms with Crippen molar-refractivity contribution < 1.29 is 4.92 Å². The highest BCUT2D eigenvalue weighted by Crippen LogP contribution is 2.30. The third-order valence-electron chi connectivity index (χ3n) is 1.34. The molecule has 0 saturated heterocycles. The molecule has 0 aromatic heterocycles. The van der Waals surface area contributed by atoms with Gasteiger partial charge in [0.15, 0.2) is 0 Å². The molecule has 13 heavy (non-hydrogen) atoms. The van der Waals surface area contributed by atoms with Crippen molar-refractivity contribution in [3.05, 3.63) is 37.9 Å². The van der Waals surface area contributed by atoms with Crippen LogP contribution < -0.4 is 0 Å². The summed E-state index contributed by atoms with van der Waals surface area (Å²) in [6.07, 6.45) is 0. The Morgan fingerprint density at radius 2 is 2.08 bits per heavy atom. The van der Waals surface area contributed by atoms with Gasteiger partial charge in [0.25, 0.3) is 5.69 Å². The number of rotatable bonds is 1. The molecule has 0 N–H and O–H groups in total. The second-order valence-electron chi connectivity index (χ2n) is 2.16. The molecule has 0 saturated carbocycles. The molecule has 0 aliphatic carbocycles. The summed E-state index contributed by atoms with van der Waals surface area (Å²) in [7, 11) is 0. The Labute approximate surface area is 83.4 Å². The first-order valence-electron chi connectivity index (χ1n) is 3.10. The molecule has 1 aromatic carbocycles. The summed E-state index contributed by atoms with van der Waals surface area (Å²) < 4.78 is 0. The highest BCUT2D eigenvalue weighted by Gasteiger charge is 2.17. The smallest absolute Gasteiger partial charge is 0.258 e. The Kier molecular flexibility index (Phi) is 2.71. The summed E-state index contributed by atoms with van der Waals surface area (Å²) in [6.45, 7) is 0. The minimum atomic E-state index is -0.685. The van der Waals surface area contributed by atoms with Crippen molar-refractivity contribution >= 4 is 28.9 Å². The van der Waals surface area contributed by atoms with Gasteiger partial charge in [0, 0.05) is 11.1 Å². The normalized spacial score (nSPS) is 9.31. The van der Waals surface area contributed by atoms with E-state index in [1.54, 1.807) is 6.07 Å². The Morgan fingerprint density at radius 3 is 2.54 bits per heavy atom. The average Bonchev–Trinajstić information content (AvgIpc) is 2.08. The van der Waals surface area contributed by atoms with Gasteiger partial charge in [0.1, 0.15) is 11.1 Å². The van der Waals surface area contributed by atoms with Crippen molar-refractivity contribution in [2.75, 3.05) is 0 Å². The number of benzene rings is 1. The predicted octanol–water partition coefficient (Wildman–Crippen LogP) is 2.77. The van der Waals surface area contributed by atoms with E-state index in [9.17, 15) is 10.1 Å². The van der Waals surface area contributed by atoms with Gasteiger partial charge in [-0.1, -0.05) is 23.2 Å². The summed E-state index contributed by atoms with van der Waals surface area (Å²) in [6, 6.07) is 4.09. The van der Waals surface area contributed by atoms with Gasteiger partial charge in [-0.25, -0.2) is 0 Å². The molecule has 0 amide bonds. The fourth-order valence-corrected chi connectivity index (χ4v) is 1.22. The van der Waals surface area contributed by atoms with E-state index in [0.29, 0.717) is 0 Å². The van der Waals surface area contributed by atoms with E-state index in [-0.39, 0.29) is 21.3 Å².